The normalized spacial score (nSPS) is 17.7. The number of ether oxygens (including phenoxy) is 1. The van der Waals surface area contributed by atoms with Crippen LogP contribution in [0.1, 0.15) is 5.56 Å². The molecule has 2 N–H and O–H groups in total. The minimum atomic E-state index is -1.00. The van der Waals surface area contributed by atoms with Crippen molar-refractivity contribution >= 4 is 11.7 Å². The first-order valence-corrected chi connectivity index (χ1v) is 8.48. The van der Waals surface area contributed by atoms with E-state index in [0.717, 1.165) is 25.2 Å². The van der Waals surface area contributed by atoms with Crippen LogP contribution in [0.2, 0.25) is 0 Å². The summed E-state index contributed by atoms with van der Waals surface area (Å²) < 4.78 is 31.7. The smallest absolute Gasteiger partial charge is 0.319 e. The van der Waals surface area contributed by atoms with Crippen LogP contribution in [0, 0.1) is 11.6 Å². The second-order valence-electron chi connectivity index (χ2n) is 6.18. The maximum Gasteiger partial charge on any atom is 0.319 e. The summed E-state index contributed by atoms with van der Waals surface area (Å²) in [4.78, 5) is 14.2. The average Bonchev–Trinajstić information content (AvgIpc) is 2.64. The molecule has 0 saturated carbocycles. The van der Waals surface area contributed by atoms with Gasteiger partial charge in [-0.1, -0.05) is 30.3 Å². The van der Waals surface area contributed by atoms with E-state index >= 15 is 0 Å². The molecule has 0 bridgehead atoms. The van der Waals surface area contributed by atoms with Gasteiger partial charge in [0.15, 0.2) is 11.6 Å². The molecule has 0 aliphatic carbocycles. The van der Waals surface area contributed by atoms with Gasteiger partial charge in [0.2, 0.25) is 0 Å². The Morgan fingerprint density at radius 3 is 2.73 bits per heavy atom. The minimum Gasteiger partial charge on any atom is -0.374 e. The molecule has 26 heavy (non-hydrogen) atoms. The molecule has 1 unspecified atom stereocenters. The summed E-state index contributed by atoms with van der Waals surface area (Å²) in [5.74, 6) is -1.96. The topological polar surface area (TPSA) is 53.6 Å². The molecule has 1 atom stereocenters. The SMILES string of the molecule is O=C(NCC1CN(Cc2ccccc2)CCO1)Nc1ccc(F)c(F)c1. The van der Waals surface area contributed by atoms with Gasteiger partial charge in [0.25, 0.3) is 0 Å². The summed E-state index contributed by atoms with van der Waals surface area (Å²) in [6, 6.07) is 12.9. The second-order valence-corrected chi connectivity index (χ2v) is 6.18. The summed E-state index contributed by atoms with van der Waals surface area (Å²) in [7, 11) is 0. The molecular formula is C19H21F2N3O2. The van der Waals surface area contributed by atoms with Gasteiger partial charge < -0.3 is 15.4 Å². The Kier molecular flexibility index (Phi) is 6.14. The molecule has 2 aromatic carbocycles. The highest BCUT2D eigenvalue weighted by Gasteiger charge is 2.21. The number of carbonyl (C=O) groups is 1. The predicted octanol–water partition coefficient (Wildman–Crippen LogP) is 2.99. The molecule has 0 aromatic heterocycles. The molecule has 1 saturated heterocycles. The van der Waals surface area contributed by atoms with Crippen LogP contribution < -0.4 is 10.6 Å². The first-order chi connectivity index (χ1) is 12.6. The van der Waals surface area contributed by atoms with Crippen molar-refractivity contribution in [3.05, 3.63) is 65.7 Å². The van der Waals surface area contributed by atoms with Crippen LogP contribution in [0.25, 0.3) is 0 Å². The van der Waals surface area contributed by atoms with Crippen LogP contribution in [0.5, 0.6) is 0 Å². The van der Waals surface area contributed by atoms with E-state index in [2.05, 4.69) is 27.7 Å². The van der Waals surface area contributed by atoms with E-state index in [0.29, 0.717) is 19.7 Å². The van der Waals surface area contributed by atoms with E-state index in [1.165, 1.54) is 11.6 Å². The molecule has 0 radical (unpaired) electrons. The standard InChI is InChI=1S/C19H21F2N3O2/c20-17-7-6-15(10-18(17)21)23-19(25)22-11-16-13-24(8-9-26-16)12-14-4-2-1-3-5-14/h1-7,10,16H,8-9,11-13H2,(H2,22,23,25). The molecule has 2 amide bonds. The van der Waals surface area contributed by atoms with Crippen LogP contribution in [0.15, 0.2) is 48.5 Å². The van der Waals surface area contributed by atoms with E-state index in [-0.39, 0.29) is 11.8 Å². The summed E-state index contributed by atoms with van der Waals surface area (Å²) in [5, 5.41) is 5.18. The van der Waals surface area contributed by atoms with Gasteiger partial charge in [-0.2, -0.15) is 0 Å². The van der Waals surface area contributed by atoms with Gasteiger partial charge in [0.1, 0.15) is 0 Å². The van der Waals surface area contributed by atoms with Crippen LogP contribution in [-0.2, 0) is 11.3 Å². The number of amides is 2. The highest BCUT2D eigenvalue weighted by Crippen LogP contribution is 2.13. The Bertz CT molecular complexity index is 743. The van der Waals surface area contributed by atoms with Gasteiger partial charge in [0, 0.05) is 37.9 Å². The molecule has 7 heteroatoms. The first-order valence-electron chi connectivity index (χ1n) is 8.48. The number of carbonyl (C=O) groups excluding carboxylic acids is 1. The maximum absolute atomic E-state index is 13.2. The molecular weight excluding hydrogens is 340 g/mol. The van der Waals surface area contributed by atoms with Crippen LogP contribution >= 0.6 is 0 Å². The van der Waals surface area contributed by atoms with Crippen molar-refractivity contribution in [3.8, 4) is 0 Å². The Balaban J connectivity index is 1.44. The fraction of sp³-hybridized carbons (Fsp3) is 0.316. The molecule has 0 spiro atoms. The Morgan fingerprint density at radius 2 is 1.96 bits per heavy atom. The fourth-order valence-electron chi connectivity index (χ4n) is 2.84. The lowest BCUT2D eigenvalue weighted by atomic mass is 10.2. The van der Waals surface area contributed by atoms with Crippen LogP contribution in [0.3, 0.4) is 0 Å². The fourth-order valence-corrected chi connectivity index (χ4v) is 2.84. The molecule has 3 rings (SSSR count). The lowest BCUT2D eigenvalue weighted by Gasteiger charge is -2.33. The number of nitrogens with one attached hydrogen (secondary N) is 2. The van der Waals surface area contributed by atoms with Gasteiger partial charge in [0.05, 0.1) is 12.7 Å². The van der Waals surface area contributed by atoms with Gasteiger partial charge in [-0.3, -0.25) is 4.90 Å². The predicted molar refractivity (Wildman–Crippen MR) is 94.8 cm³/mol. The zero-order valence-corrected chi connectivity index (χ0v) is 14.3. The maximum atomic E-state index is 13.2. The third kappa shape index (κ3) is 5.24. The number of hydrogen-bond donors (Lipinski definition) is 2. The van der Waals surface area contributed by atoms with Crippen molar-refractivity contribution in [2.75, 3.05) is 31.6 Å². The summed E-state index contributed by atoms with van der Waals surface area (Å²) in [6.07, 6.45) is -0.122. The van der Waals surface area contributed by atoms with Crippen LogP contribution in [0.4, 0.5) is 19.3 Å². The second kappa shape index (κ2) is 8.73. The molecule has 2 aromatic rings. The Hall–Kier alpha value is -2.51. The zero-order valence-electron chi connectivity index (χ0n) is 14.3. The quantitative estimate of drug-likeness (QED) is 0.861. The lowest BCUT2D eigenvalue weighted by molar-refractivity contribution is -0.0285. The van der Waals surface area contributed by atoms with Crippen molar-refractivity contribution < 1.29 is 18.3 Å². The number of morpholine rings is 1. The number of benzene rings is 2. The highest BCUT2D eigenvalue weighted by atomic mass is 19.2. The lowest BCUT2D eigenvalue weighted by Crippen LogP contribution is -2.47. The number of anilines is 1. The Labute approximate surface area is 151 Å². The number of rotatable bonds is 5. The molecule has 1 aliphatic heterocycles. The van der Waals surface area contributed by atoms with Gasteiger partial charge in [-0.25, -0.2) is 13.6 Å². The molecule has 138 valence electrons. The van der Waals surface area contributed by atoms with Gasteiger partial charge >= 0.3 is 6.03 Å². The van der Waals surface area contributed by atoms with E-state index in [4.69, 9.17) is 4.74 Å². The number of hydrogen-bond acceptors (Lipinski definition) is 3. The molecule has 5 nitrogen and oxygen atoms in total. The van der Waals surface area contributed by atoms with Crippen molar-refractivity contribution in [2.45, 2.75) is 12.6 Å². The van der Waals surface area contributed by atoms with E-state index < -0.39 is 17.7 Å². The number of urea groups is 1. The molecule has 1 aliphatic rings. The van der Waals surface area contributed by atoms with Crippen molar-refractivity contribution in [3.63, 3.8) is 0 Å². The van der Waals surface area contributed by atoms with Gasteiger partial charge in [-0.05, 0) is 17.7 Å². The summed E-state index contributed by atoms with van der Waals surface area (Å²) in [6.45, 7) is 3.32. The largest absolute Gasteiger partial charge is 0.374 e. The van der Waals surface area contributed by atoms with Crippen molar-refractivity contribution in [1.82, 2.24) is 10.2 Å². The summed E-state index contributed by atoms with van der Waals surface area (Å²) in [5.41, 5.74) is 1.42. The van der Waals surface area contributed by atoms with Gasteiger partial charge in [-0.15, -0.1) is 0 Å². The van der Waals surface area contributed by atoms with Crippen LogP contribution in [-0.4, -0.2) is 43.3 Å². The summed E-state index contributed by atoms with van der Waals surface area (Å²) >= 11 is 0. The third-order valence-corrected chi connectivity index (χ3v) is 4.14. The van der Waals surface area contributed by atoms with Crippen molar-refractivity contribution in [1.29, 1.82) is 0 Å². The zero-order chi connectivity index (χ0) is 18.4. The molecule has 1 fully saturated rings. The number of nitrogens with zero attached hydrogens (tertiary/aromatic N) is 1. The number of halogens is 2. The third-order valence-electron chi connectivity index (χ3n) is 4.14. The highest BCUT2D eigenvalue weighted by molar-refractivity contribution is 5.89. The minimum absolute atomic E-state index is 0.122. The average molecular weight is 361 g/mol. The molecule has 1 heterocycles. The Morgan fingerprint density at radius 1 is 1.15 bits per heavy atom. The van der Waals surface area contributed by atoms with Crippen molar-refractivity contribution in [2.24, 2.45) is 0 Å². The van der Waals surface area contributed by atoms with E-state index in [9.17, 15) is 13.6 Å². The monoisotopic (exact) mass is 361 g/mol. The first kappa shape index (κ1) is 18.3. The van der Waals surface area contributed by atoms with E-state index in [1.807, 2.05) is 18.2 Å². The van der Waals surface area contributed by atoms with E-state index in [1.54, 1.807) is 0 Å².